The molecule has 0 aromatic heterocycles. The third-order valence-corrected chi connectivity index (χ3v) is 4.39. The molecule has 5 nitrogen and oxygen atoms in total. The molecule has 1 aromatic carbocycles. The zero-order valence-corrected chi connectivity index (χ0v) is 13.4. The molecule has 1 N–H and O–H groups in total. The number of methoxy groups -OCH3 is 1. The van der Waals surface area contributed by atoms with Gasteiger partial charge in [-0.25, -0.2) is 4.79 Å². The van der Waals surface area contributed by atoms with Crippen LogP contribution >= 0.6 is 12.4 Å². The van der Waals surface area contributed by atoms with E-state index in [0.717, 1.165) is 6.42 Å². The maximum absolute atomic E-state index is 12.7. The standard InChI is InChI=1S/C16H20N2O3.ClH/c1-21-16(20)14-7-4-8-18(14)15(19)13-9-11-5-2-3-6-12(11)10-17-13;/h2-3,5-6,13-14,17H,4,7-10H2,1H3;1H/t13-,14-;/m1./s1. The molecule has 2 aliphatic rings. The second kappa shape index (κ2) is 7.11. The van der Waals surface area contributed by atoms with Crippen LogP contribution in [0.3, 0.4) is 0 Å². The average molecular weight is 325 g/mol. The number of likely N-dealkylation sites (tertiary alicyclic amines) is 1. The Hall–Kier alpha value is -1.59. The molecule has 3 rings (SSSR count). The Balaban J connectivity index is 0.00000176. The number of rotatable bonds is 2. The first-order valence-corrected chi connectivity index (χ1v) is 7.39. The van der Waals surface area contributed by atoms with Gasteiger partial charge in [0.25, 0.3) is 0 Å². The van der Waals surface area contributed by atoms with Gasteiger partial charge in [-0.2, -0.15) is 0 Å². The van der Waals surface area contributed by atoms with E-state index in [9.17, 15) is 9.59 Å². The Labute approximate surface area is 136 Å². The van der Waals surface area contributed by atoms with Crippen LogP contribution in [0.5, 0.6) is 0 Å². The number of hydrogen-bond acceptors (Lipinski definition) is 4. The maximum Gasteiger partial charge on any atom is 0.328 e. The van der Waals surface area contributed by atoms with Gasteiger partial charge in [0, 0.05) is 13.1 Å². The van der Waals surface area contributed by atoms with Crippen LogP contribution in [0, 0.1) is 0 Å². The van der Waals surface area contributed by atoms with E-state index in [0.29, 0.717) is 25.9 Å². The number of carbonyl (C=O) groups excluding carboxylic acids is 2. The fourth-order valence-electron chi connectivity index (χ4n) is 3.24. The van der Waals surface area contributed by atoms with E-state index in [1.165, 1.54) is 18.2 Å². The van der Waals surface area contributed by atoms with Crippen LogP contribution in [0.2, 0.25) is 0 Å². The van der Waals surface area contributed by atoms with Crippen LogP contribution in [0.1, 0.15) is 24.0 Å². The lowest BCUT2D eigenvalue weighted by Crippen LogP contribution is -2.52. The number of halogens is 1. The van der Waals surface area contributed by atoms with Gasteiger partial charge in [-0.05, 0) is 30.4 Å². The number of fused-ring (bicyclic) bond motifs is 1. The molecule has 1 fully saturated rings. The van der Waals surface area contributed by atoms with Gasteiger partial charge in [0.2, 0.25) is 5.91 Å². The second-order valence-electron chi connectivity index (χ2n) is 5.62. The quantitative estimate of drug-likeness (QED) is 0.833. The van der Waals surface area contributed by atoms with E-state index < -0.39 is 6.04 Å². The van der Waals surface area contributed by atoms with Crippen LogP contribution in [-0.4, -0.2) is 42.5 Å². The Morgan fingerprint density at radius 1 is 1.27 bits per heavy atom. The summed E-state index contributed by atoms with van der Waals surface area (Å²) in [6.07, 6.45) is 2.23. The van der Waals surface area contributed by atoms with Gasteiger partial charge in [-0.1, -0.05) is 24.3 Å². The predicted octanol–water partition coefficient (Wildman–Crippen LogP) is 1.29. The first-order chi connectivity index (χ1) is 10.2. The van der Waals surface area contributed by atoms with Gasteiger partial charge in [0.05, 0.1) is 13.2 Å². The predicted molar refractivity (Wildman–Crippen MR) is 84.8 cm³/mol. The number of nitrogens with one attached hydrogen (secondary N) is 1. The van der Waals surface area contributed by atoms with Gasteiger partial charge < -0.3 is 15.0 Å². The molecule has 6 heteroatoms. The zero-order chi connectivity index (χ0) is 14.8. The largest absolute Gasteiger partial charge is 0.467 e. The lowest BCUT2D eigenvalue weighted by Gasteiger charge is -2.31. The lowest BCUT2D eigenvalue weighted by atomic mass is 9.95. The number of amides is 1. The van der Waals surface area contributed by atoms with E-state index in [-0.39, 0.29) is 30.3 Å². The molecule has 0 unspecified atom stereocenters. The highest BCUT2D eigenvalue weighted by atomic mass is 35.5. The fraction of sp³-hybridized carbons (Fsp3) is 0.500. The fourth-order valence-corrected chi connectivity index (χ4v) is 3.24. The molecule has 0 aliphatic carbocycles. The summed E-state index contributed by atoms with van der Waals surface area (Å²) < 4.78 is 4.80. The first kappa shape index (κ1) is 16.8. The summed E-state index contributed by atoms with van der Waals surface area (Å²) in [5.74, 6) is -0.297. The summed E-state index contributed by atoms with van der Waals surface area (Å²) in [4.78, 5) is 26.1. The molecular formula is C16H21ClN2O3. The summed E-state index contributed by atoms with van der Waals surface area (Å²) in [7, 11) is 1.37. The monoisotopic (exact) mass is 324 g/mol. The molecular weight excluding hydrogens is 304 g/mol. The topological polar surface area (TPSA) is 58.6 Å². The van der Waals surface area contributed by atoms with Crippen LogP contribution in [-0.2, 0) is 27.3 Å². The zero-order valence-electron chi connectivity index (χ0n) is 12.6. The molecule has 0 bridgehead atoms. The average Bonchev–Trinajstić information content (AvgIpc) is 3.02. The van der Waals surface area contributed by atoms with Crippen molar-refractivity contribution in [3.05, 3.63) is 35.4 Å². The van der Waals surface area contributed by atoms with Crippen molar-refractivity contribution in [1.82, 2.24) is 10.2 Å². The van der Waals surface area contributed by atoms with Gasteiger partial charge in [-0.3, -0.25) is 4.79 Å². The molecule has 2 aliphatic heterocycles. The van der Waals surface area contributed by atoms with Crippen molar-refractivity contribution in [2.45, 2.75) is 37.9 Å². The molecule has 2 heterocycles. The van der Waals surface area contributed by atoms with Crippen LogP contribution < -0.4 is 5.32 Å². The smallest absolute Gasteiger partial charge is 0.328 e. The van der Waals surface area contributed by atoms with Crippen molar-refractivity contribution in [3.8, 4) is 0 Å². The molecule has 120 valence electrons. The van der Waals surface area contributed by atoms with Crippen molar-refractivity contribution in [3.63, 3.8) is 0 Å². The third kappa shape index (κ3) is 3.10. The van der Waals surface area contributed by atoms with Gasteiger partial charge in [0.1, 0.15) is 6.04 Å². The molecule has 0 radical (unpaired) electrons. The highest BCUT2D eigenvalue weighted by molar-refractivity contribution is 5.88. The Morgan fingerprint density at radius 2 is 2.00 bits per heavy atom. The number of ether oxygens (including phenoxy) is 1. The second-order valence-corrected chi connectivity index (χ2v) is 5.62. The third-order valence-electron chi connectivity index (χ3n) is 4.39. The van der Waals surface area contributed by atoms with E-state index in [2.05, 4.69) is 17.4 Å². The van der Waals surface area contributed by atoms with Gasteiger partial charge in [0.15, 0.2) is 0 Å². The minimum atomic E-state index is -0.415. The van der Waals surface area contributed by atoms with E-state index in [1.54, 1.807) is 4.90 Å². The van der Waals surface area contributed by atoms with Crippen LogP contribution in [0.4, 0.5) is 0 Å². The number of esters is 1. The summed E-state index contributed by atoms with van der Waals surface area (Å²) in [6.45, 7) is 1.34. The number of hydrogen-bond donors (Lipinski definition) is 1. The Morgan fingerprint density at radius 3 is 2.73 bits per heavy atom. The van der Waals surface area contributed by atoms with Crippen molar-refractivity contribution in [1.29, 1.82) is 0 Å². The molecule has 0 saturated carbocycles. The van der Waals surface area contributed by atoms with Crippen LogP contribution in [0.15, 0.2) is 24.3 Å². The summed E-state index contributed by atoms with van der Waals surface area (Å²) in [5.41, 5.74) is 2.45. The van der Waals surface area contributed by atoms with Crippen LogP contribution in [0.25, 0.3) is 0 Å². The molecule has 2 atom stereocenters. The maximum atomic E-state index is 12.7. The minimum Gasteiger partial charge on any atom is -0.467 e. The molecule has 1 aromatic rings. The van der Waals surface area contributed by atoms with E-state index in [1.807, 2.05) is 12.1 Å². The molecule has 0 spiro atoms. The van der Waals surface area contributed by atoms with Crippen molar-refractivity contribution >= 4 is 24.3 Å². The highest BCUT2D eigenvalue weighted by Crippen LogP contribution is 2.23. The number of benzene rings is 1. The highest BCUT2D eigenvalue weighted by Gasteiger charge is 2.38. The molecule has 1 saturated heterocycles. The minimum absolute atomic E-state index is 0. The SMILES string of the molecule is COC(=O)[C@H]1CCCN1C(=O)[C@H]1Cc2ccccc2CN1.Cl. The first-order valence-electron chi connectivity index (χ1n) is 7.39. The summed E-state index contributed by atoms with van der Waals surface area (Å²) in [5, 5.41) is 3.29. The summed E-state index contributed by atoms with van der Waals surface area (Å²) >= 11 is 0. The number of nitrogens with zero attached hydrogens (tertiary/aromatic N) is 1. The van der Waals surface area contributed by atoms with Gasteiger partial charge in [-0.15, -0.1) is 12.4 Å². The van der Waals surface area contributed by atoms with Crippen molar-refractivity contribution < 1.29 is 14.3 Å². The Bertz CT molecular complexity index is 564. The lowest BCUT2D eigenvalue weighted by molar-refractivity contribution is -0.151. The van der Waals surface area contributed by atoms with E-state index >= 15 is 0 Å². The summed E-state index contributed by atoms with van der Waals surface area (Å²) in [6, 6.07) is 7.50. The normalized spacial score (nSPS) is 23.4. The molecule has 22 heavy (non-hydrogen) atoms. The van der Waals surface area contributed by atoms with Gasteiger partial charge >= 0.3 is 5.97 Å². The van der Waals surface area contributed by atoms with E-state index in [4.69, 9.17) is 4.74 Å². The van der Waals surface area contributed by atoms with Crippen molar-refractivity contribution in [2.24, 2.45) is 0 Å². The molecule has 1 amide bonds. The Kier molecular flexibility index (Phi) is 5.42. The van der Waals surface area contributed by atoms with Crippen molar-refractivity contribution in [2.75, 3.05) is 13.7 Å². The number of carbonyl (C=O) groups is 2.